The zero-order chi connectivity index (χ0) is 10.4. The summed E-state index contributed by atoms with van der Waals surface area (Å²) in [6.07, 6.45) is 4.58. The molecule has 1 saturated carbocycles. The van der Waals surface area contributed by atoms with Gasteiger partial charge in [0.05, 0.1) is 0 Å². The Balaban J connectivity index is 2.30. The summed E-state index contributed by atoms with van der Waals surface area (Å²) in [5.41, 5.74) is -1.65. The molecular weight excluding hydrogens is 180 g/mol. The van der Waals surface area contributed by atoms with Crippen LogP contribution >= 0.6 is 0 Å². The van der Waals surface area contributed by atoms with Crippen molar-refractivity contribution in [3.05, 3.63) is 0 Å². The highest BCUT2D eigenvalue weighted by atomic mass is 16.5. The van der Waals surface area contributed by atoms with Gasteiger partial charge in [-0.05, 0) is 26.7 Å². The average molecular weight is 196 g/mol. The van der Waals surface area contributed by atoms with Crippen LogP contribution in [-0.4, -0.2) is 22.8 Å². The van der Waals surface area contributed by atoms with Crippen LogP contribution < -0.4 is 0 Å². The van der Waals surface area contributed by atoms with E-state index in [1.165, 1.54) is 0 Å². The molecule has 0 aromatic carbocycles. The van der Waals surface area contributed by atoms with Crippen LogP contribution in [0.1, 0.15) is 46.0 Å². The van der Waals surface area contributed by atoms with Crippen molar-refractivity contribution >= 4 is 11.6 Å². The second-order valence-corrected chi connectivity index (χ2v) is 4.83. The first-order valence-corrected chi connectivity index (χ1v) is 5.27. The number of hydrogen-bond donors (Lipinski definition) is 0. The minimum Gasteiger partial charge on any atom is -0.353 e. The summed E-state index contributed by atoms with van der Waals surface area (Å²) in [5.74, 6) is -0.637. The summed E-state index contributed by atoms with van der Waals surface area (Å²) in [6.45, 7) is 3.38. The fourth-order valence-electron chi connectivity index (χ4n) is 2.51. The molecule has 1 heterocycles. The van der Waals surface area contributed by atoms with Crippen LogP contribution in [0.2, 0.25) is 0 Å². The predicted octanol–water partition coefficient (Wildman–Crippen LogP) is 1.64. The minimum absolute atomic E-state index is 0.290. The lowest BCUT2D eigenvalue weighted by Crippen LogP contribution is -2.39. The summed E-state index contributed by atoms with van der Waals surface area (Å²) >= 11 is 0. The molecule has 0 N–H and O–H groups in total. The van der Waals surface area contributed by atoms with Crippen LogP contribution in [0, 0.1) is 0 Å². The topological polar surface area (TPSA) is 43.4 Å². The normalized spacial score (nSPS) is 29.9. The van der Waals surface area contributed by atoms with Crippen LogP contribution in [0.3, 0.4) is 0 Å². The number of Topliss-reactive ketones (excluding diaryl/α,β-unsaturated/α-hetero) is 2. The molecule has 2 fully saturated rings. The van der Waals surface area contributed by atoms with E-state index in [1.807, 2.05) is 0 Å². The van der Waals surface area contributed by atoms with Gasteiger partial charge in [-0.2, -0.15) is 0 Å². The number of carbonyl (C=O) groups is 2. The summed E-state index contributed by atoms with van der Waals surface area (Å²) in [5, 5.41) is 0. The van der Waals surface area contributed by atoms with Gasteiger partial charge in [0, 0.05) is 0 Å². The number of rotatable bonds is 0. The van der Waals surface area contributed by atoms with E-state index in [1.54, 1.807) is 13.8 Å². The summed E-state index contributed by atoms with van der Waals surface area (Å²) < 4.78 is 5.70. The molecule has 0 aromatic rings. The molecule has 1 aliphatic carbocycles. The lowest BCUT2D eigenvalue weighted by molar-refractivity contribution is -0.143. The van der Waals surface area contributed by atoms with Crippen molar-refractivity contribution in [2.24, 2.45) is 0 Å². The second-order valence-electron chi connectivity index (χ2n) is 4.83. The van der Waals surface area contributed by atoms with Crippen molar-refractivity contribution < 1.29 is 14.3 Å². The Morgan fingerprint density at radius 1 is 1.00 bits per heavy atom. The Hall–Kier alpha value is -0.700. The van der Waals surface area contributed by atoms with E-state index in [0.29, 0.717) is 0 Å². The highest BCUT2D eigenvalue weighted by molar-refractivity contribution is 6.44. The van der Waals surface area contributed by atoms with Gasteiger partial charge in [0.1, 0.15) is 11.2 Å². The van der Waals surface area contributed by atoms with Gasteiger partial charge in [-0.1, -0.05) is 19.3 Å². The quantitative estimate of drug-likeness (QED) is 0.553. The van der Waals surface area contributed by atoms with Crippen LogP contribution in [0.15, 0.2) is 0 Å². The van der Waals surface area contributed by atoms with Gasteiger partial charge in [0.25, 0.3) is 0 Å². The maximum Gasteiger partial charge on any atom is 0.233 e. The van der Waals surface area contributed by atoms with Gasteiger partial charge in [-0.25, -0.2) is 0 Å². The van der Waals surface area contributed by atoms with Gasteiger partial charge in [-0.15, -0.1) is 0 Å². The summed E-state index contributed by atoms with van der Waals surface area (Å²) in [4.78, 5) is 23.4. The fourth-order valence-corrected chi connectivity index (χ4v) is 2.51. The molecule has 1 saturated heterocycles. The Bertz CT molecular complexity index is 285. The Morgan fingerprint density at radius 2 is 1.57 bits per heavy atom. The molecule has 3 heteroatoms. The van der Waals surface area contributed by atoms with Gasteiger partial charge >= 0.3 is 0 Å². The van der Waals surface area contributed by atoms with Crippen LogP contribution in [0.5, 0.6) is 0 Å². The molecule has 0 unspecified atom stereocenters. The molecule has 0 radical (unpaired) electrons. The van der Waals surface area contributed by atoms with Gasteiger partial charge in [0.15, 0.2) is 0 Å². The Labute approximate surface area is 83.8 Å². The van der Waals surface area contributed by atoms with Crippen LogP contribution in [0.4, 0.5) is 0 Å². The maximum absolute atomic E-state index is 11.8. The summed E-state index contributed by atoms with van der Waals surface area (Å²) in [7, 11) is 0. The monoisotopic (exact) mass is 196 g/mol. The standard InChI is InChI=1S/C11H16O3/c1-10(2)8(12)9(13)11(14-10)6-4-3-5-7-11/h3-7H2,1-2H3. The third-order valence-electron chi connectivity index (χ3n) is 3.28. The van der Waals surface area contributed by atoms with Crippen molar-refractivity contribution in [3.8, 4) is 0 Å². The number of ether oxygens (including phenoxy) is 1. The zero-order valence-corrected chi connectivity index (χ0v) is 8.76. The highest BCUT2D eigenvalue weighted by Crippen LogP contribution is 2.41. The van der Waals surface area contributed by atoms with Crippen LogP contribution in [0.25, 0.3) is 0 Å². The molecule has 1 aliphatic heterocycles. The van der Waals surface area contributed by atoms with Crippen molar-refractivity contribution in [2.45, 2.75) is 57.2 Å². The minimum atomic E-state index is -0.894. The predicted molar refractivity (Wildman–Crippen MR) is 51.0 cm³/mol. The molecule has 0 bridgehead atoms. The van der Waals surface area contributed by atoms with Crippen molar-refractivity contribution in [2.75, 3.05) is 0 Å². The van der Waals surface area contributed by atoms with E-state index in [9.17, 15) is 9.59 Å². The van der Waals surface area contributed by atoms with E-state index >= 15 is 0 Å². The first-order valence-electron chi connectivity index (χ1n) is 5.27. The molecule has 1 spiro atoms. The molecule has 0 atom stereocenters. The van der Waals surface area contributed by atoms with E-state index in [0.717, 1.165) is 32.1 Å². The van der Waals surface area contributed by atoms with Crippen molar-refractivity contribution in [3.63, 3.8) is 0 Å². The molecule has 2 rings (SSSR count). The van der Waals surface area contributed by atoms with Gasteiger partial charge in [0.2, 0.25) is 11.6 Å². The van der Waals surface area contributed by atoms with Gasteiger partial charge in [-0.3, -0.25) is 9.59 Å². The second kappa shape index (κ2) is 2.89. The van der Waals surface area contributed by atoms with E-state index in [4.69, 9.17) is 4.74 Å². The van der Waals surface area contributed by atoms with Crippen molar-refractivity contribution in [1.82, 2.24) is 0 Å². The third-order valence-corrected chi connectivity index (χ3v) is 3.28. The van der Waals surface area contributed by atoms with E-state index in [-0.39, 0.29) is 11.6 Å². The molecular formula is C11H16O3. The largest absolute Gasteiger partial charge is 0.353 e. The average Bonchev–Trinajstić information content (AvgIpc) is 2.29. The van der Waals surface area contributed by atoms with Crippen molar-refractivity contribution in [1.29, 1.82) is 0 Å². The lowest BCUT2D eigenvalue weighted by atomic mass is 9.81. The maximum atomic E-state index is 11.8. The molecule has 0 amide bonds. The highest BCUT2D eigenvalue weighted by Gasteiger charge is 2.57. The molecule has 14 heavy (non-hydrogen) atoms. The molecule has 3 nitrogen and oxygen atoms in total. The molecule has 0 aromatic heterocycles. The number of hydrogen-bond acceptors (Lipinski definition) is 3. The number of ketones is 2. The van der Waals surface area contributed by atoms with E-state index in [2.05, 4.69) is 0 Å². The Morgan fingerprint density at radius 3 is 2.00 bits per heavy atom. The Kier molecular flexibility index (Phi) is 2.03. The third kappa shape index (κ3) is 1.22. The smallest absolute Gasteiger partial charge is 0.233 e. The first-order chi connectivity index (χ1) is 6.48. The fraction of sp³-hybridized carbons (Fsp3) is 0.818. The zero-order valence-electron chi connectivity index (χ0n) is 8.76. The SMILES string of the molecule is CC1(C)OC2(CCCCC2)C(=O)C1=O. The lowest BCUT2D eigenvalue weighted by Gasteiger charge is -2.32. The molecule has 2 aliphatic rings. The first kappa shape index (κ1) is 9.84. The number of carbonyl (C=O) groups excluding carboxylic acids is 2. The van der Waals surface area contributed by atoms with Gasteiger partial charge < -0.3 is 4.74 Å². The van der Waals surface area contributed by atoms with E-state index < -0.39 is 11.2 Å². The summed E-state index contributed by atoms with van der Waals surface area (Å²) in [6, 6.07) is 0. The van der Waals surface area contributed by atoms with Crippen LogP contribution in [-0.2, 0) is 14.3 Å². The molecule has 78 valence electrons.